The molecule has 1 saturated heterocycles. The summed E-state index contributed by atoms with van der Waals surface area (Å²) in [5.74, 6) is -0.282. The lowest BCUT2D eigenvalue weighted by Gasteiger charge is -2.30. The first-order chi connectivity index (χ1) is 10.2. The van der Waals surface area contributed by atoms with Gasteiger partial charge in [0.05, 0.1) is 7.11 Å². The summed E-state index contributed by atoms with van der Waals surface area (Å²) in [5.41, 5.74) is 0.930. The van der Waals surface area contributed by atoms with Crippen LogP contribution in [0.1, 0.15) is 12.0 Å². The Hall–Kier alpha value is -1.46. The largest absolute Gasteiger partial charge is 0.469 e. The topological polar surface area (TPSA) is 41.6 Å². The lowest BCUT2D eigenvalue weighted by atomic mass is 9.95. The van der Waals surface area contributed by atoms with E-state index in [1.54, 1.807) is 12.1 Å². The minimum Gasteiger partial charge on any atom is -0.469 e. The normalized spacial score (nSPS) is 17.4. The van der Waals surface area contributed by atoms with Gasteiger partial charge in [0.1, 0.15) is 5.82 Å². The number of rotatable bonds is 6. The summed E-state index contributed by atoms with van der Waals surface area (Å²) >= 11 is 0. The van der Waals surface area contributed by atoms with Gasteiger partial charge in [0.25, 0.3) is 0 Å². The third-order valence-corrected chi connectivity index (χ3v) is 3.82. The molecule has 1 aliphatic rings. The molecule has 1 atom stereocenters. The Morgan fingerprint density at radius 3 is 2.86 bits per heavy atom. The number of halogens is 1. The van der Waals surface area contributed by atoms with Crippen LogP contribution in [0.15, 0.2) is 24.3 Å². The van der Waals surface area contributed by atoms with Crippen LogP contribution in [0.25, 0.3) is 0 Å². The number of methoxy groups -OCH3 is 1. The Balaban J connectivity index is 1.98. The number of nitrogens with zero attached hydrogens (tertiary/aromatic N) is 1. The molecule has 1 fully saturated rings. The zero-order valence-corrected chi connectivity index (χ0v) is 12.5. The lowest BCUT2D eigenvalue weighted by molar-refractivity contribution is -0.141. The molecule has 1 unspecified atom stereocenters. The molecule has 0 bridgehead atoms. The molecule has 0 aromatic heterocycles. The predicted molar refractivity (Wildman–Crippen MR) is 79.5 cm³/mol. The van der Waals surface area contributed by atoms with Crippen LogP contribution in [0.3, 0.4) is 0 Å². The van der Waals surface area contributed by atoms with Crippen molar-refractivity contribution in [3.63, 3.8) is 0 Å². The van der Waals surface area contributed by atoms with Crippen molar-refractivity contribution >= 4 is 5.97 Å². The monoisotopic (exact) mass is 294 g/mol. The summed E-state index contributed by atoms with van der Waals surface area (Å²) in [6, 6.07) is 6.60. The number of hydrogen-bond acceptors (Lipinski definition) is 4. The Morgan fingerprint density at radius 2 is 2.19 bits per heavy atom. The number of carbonyl (C=O) groups excluding carboxylic acids is 1. The molecule has 21 heavy (non-hydrogen) atoms. The van der Waals surface area contributed by atoms with Crippen LogP contribution < -0.4 is 5.32 Å². The Morgan fingerprint density at radius 1 is 1.43 bits per heavy atom. The number of nitrogens with one attached hydrogen (secondary N) is 1. The van der Waals surface area contributed by atoms with E-state index in [4.69, 9.17) is 4.74 Å². The minimum absolute atomic E-state index is 0.150. The maximum absolute atomic E-state index is 13.3. The van der Waals surface area contributed by atoms with Gasteiger partial charge in [-0.1, -0.05) is 12.1 Å². The fraction of sp³-hybridized carbons (Fsp3) is 0.562. The summed E-state index contributed by atoms with van der Waals surface area (Å²) in [4.78, 5) is 13.9. The molecule has 0 radical (unpaired) electrons. The fourth-order valence-corrected chi connectivity index (χ4v) is 2.78. The van der Waals surface area contributed by atoms with Crippen molar-refractivity contribution in [1.29, 1.82) is 0 Å². The Labute approximate surface area is 125 Å². The minimum atomic E-state index is -0.230. The maximum atomic E-state index is 13.3. The maximum Gasteiger partial charge on any atom is 0.305 e. The molecule has 4 nitrogen and oxygen atoms in total. The average Bonchev–Trinajstić information content (AvgIpc) is 2.48. The first kappa shape index (κ1) is 15.9. The van der Waals surface area contributed by atoms with Crippen LogP contribution in [0.4, 0.5) is 4.39 Å². The molecule has 1 heterocycles. The zero-order chi connectivity index (χ0) is 15.1. The summed E-state index contributed by atoms with van der Waals surface area (Å²) < 4.78 is 18.1. The van der Waals surface area contributed by atoms with Gasteiger partial charge in [-0.25, -0.2) is 4.39 Å². The number of esters is 1. The van der Waals surface area contributed by atoms with Crippen molar-refractivity contribution in [2.45, 2.75) is 12.8 Å². The van der Waals surface area contributed by atoms with Crippen LogP contribution in [0, 0.1) is 11.7 Å². The Bertz CT molecular complexity index is 461. The SMILES string of the molecule is COC(=O)CC(Cc1cccc(F)c1)CN1CCNCC1. The standard InChI is InChI=1S/C16H23FN2O2/c1-21-16(20)11-14(12-19-7-5-18-6-8-19)9-13-3-2-4-15(17)10-13/h2-4,10,14,18H,5-9,11-12H2,1H3. The first-order valence-corrected chi connectivity index (χ1v) is 7.41. The van der Waals surface area contributed by atoms with Gasteiger partial charge in [0, 0.05) is 39.1 Å². The average molecular weight is 294 g/mol. The van der Waals surface area contributed by atoms with Crippen molar-refractivity contribution in [2.24, 2.45) is 5.92 Å². The van der Waals surface area contributed by atoms with E-state index < -0.39 is 0 Å². The van der Waals surface area contributed by atoms with E-state index in [9.17, 15) is 9.18 Å². The number of ether oxygens (including phenoxy) is 1. The van der Waals surface area contributed by atoms with E-state index in [0.717, 1.165) is 38.3 Å². The van der Waals surface area contributed by atoms with Gasteiger partial charge in [-0.05, 0) is 30.0 Å². The van der Waals surface area contributed by atoms with E-state index in [2.05, 4.69) is 10.2 Å². The smallest absolute Gasteiger partial charge is 0.305 e. The number of benzene rings is 1. The van der Waals surface area contributed by atoms with Crippen molar-refractivity contribution in [3.8, 4) is 0 Å². The third-order valence-electron chi connectivity index (χ3n) is 3.82. The van der Waals surface area contributed by atoms with Crippen LogP contribution in [-0.2, 0) is 16.0 Å². The van der Waals surface area contributed by atoms with Gasteiger partial charge in [-0.15, -0.1) is 0 Å². The highest BCUT2D eigenvalue weighted by molar-refractivity contribution is 5.69. The Kier molecular flexibility index (Phi) is 6.14. The van der Waals surface area contributed by atoms with E-state index in [1.807, 2.05) is 6.07 Å². The molecule has 1 aliphatic heterocycles. The van der Waals surface area contributed by atoms with E-state index >= 15 is 0 Å². The van der Waals surface area contributed by atoms with Gasteiger partial charge < -0.3 is 15.0 Å². The van der Waals surface area contributed by atoms with Crippen LogP contribution in [-0.4, -0.2) is 50.7 Å². The van der Waals surface area contributed by atoms with E-state index in [0.29, 0.717) is 12.8 Å². The van der Waals surface area contributed by atoms with Crippen molar-refractivity contribution in [3.05, 3.63) is 35.6 Å². The molecular formula is C16H23FN2O2. The molecule has 0 saturated carbocycles. The van der Waals surface area contributed by atoms with Crippen LogP contribution >= 0.6 is 0 Å². The van der Waals surface area contributed by atoms with Gasteiger partial charge in [0.15, 0.2) is 0 Å². The highest BCUT2D eigenvalue weighted by Crippen LogP contribution is 2.16. The second kappa shape index (κ2) is 8.10. The van der Waals surface area contributed by atoms with E-state index in [1.165, 1.54) is 13.2 Å². The lowest BCUT2D eigenvalue weighted by Crippen LogP contribution is -2.45. The van der Waals surface area contributed by atoms with Crippen LogP contribution in [0.2, 0.25) is 0 Å². The highest BCUT2D eigenvalue weighted by atomic mass is 19.1. The van der Waals surface area contributed by atoms with Gasteiger partial charge >= 0.3 is 5.97 Å². The summed E-state index contributed by atoms with van der Waals surface area (Å²) in [7, 11) is 1.41. The van der Waals surface area contributed by atoms with Gasteiger partial charge in [0.2, 0.25) is 0 Å². The van der Waals surface area contributed by atoms with Crippen LogP contribution in [0.5, 0.6) is 0 Å². The third kappa shape index (κ3) is 5.44. The second-order valence-electron chi connectivity index (χ2n) is 5.53. The first-order valence-electron chi connectivity index (χ1n) is 7.41. The molecule has 2 rings (SSSR count). The quantitative estimate of drug-likeness (QED) is 0.807. The number of hydrogen-bond donors (Lipinski definition) is 1. The van der Waals surface area contributed by atoms with Gasteiger partial charge in [-0.3, -0.25) is 4.79 Å². The fourth-order valence-electron chi connectivity index (χ4n) is 2.78. The molecule has 5 heteroatoms. The number of carbonyl (C=O) groups is 1. The van der Waals surface area contributed by atoms with Gasteiger partial charge in [-0.2, -0.15) is 0 Å². The molecule has 0 amide bonds. The summed E-state index contributed by atoms with van der Waals surface area (Å²) in [5, 5.41) is 3.31. The molecular weight excluding hydrogens is 271 g/mol. The molecule has 1 N–H and O–H groups in total. The van der Waals surface area contributed by atoms with Crippen molar-refractivity contribution in [2.75, 3.05) is 39.8 Å². The van der Waals surface area contributed by atoms with Crippen molar-refractivity contribution in [1.82, 2.24) is 10.2 Å². The summed E-state index contributed by atoms with van der Waals surface area (Å²) in [6.07, 6.45) is 1.06. The molecule has 116 valence electrons. The zero-order valence-electron chi connectivity index (χ0n) is 12.5. The molecule has 0 aliphatic carbocycles. The van der Waals surface area contributed by atoms with Crippen molar-refractivity contribution < 1.29 is 13.9 Å². The number of piperazine rings is 1. The highest BCUT2D eigenvalue weighted by Gasteiger charge is 2.20. The molecule has 1 aromatic carbocycles. The summed E-state index contributed by atoms with van der Waals surface area (Å²) in [6.45, 7) is 4.77. The van der Waals surface area contributed by atoms with E-state index in [-0.39, 0.29) is 17.7 Å². The second-order valence-corrected chi connectivity index (χ2v) is 5.53. The molecule has 1 aromatic rings. The molecule has 0 spiro atoms. The predicted octanol–water partition coefficient (Wildman–Crippen LogP) is 1.45.